The van der Waals surface area contributed by atoms with Crippen LogP contribution in [0, 0.1) is 5.41 Å². The molecule has 188 valence electrons. The summed E-state index contributed by atoms with van der Waals surface area (Å²) in [4.78, 5) is 39.7. The molecule has 13 heteroatoms. The largest absolute Gasteiger partial charge is 0.508 e. The Bertz CT molecular complexity index is 1140. The zero-order valence-corrected chi connectivity index (χ0v) is 20.9. The van der Waals surface area contributed by atoms with Gasteiger partial charge in [-0.05, 0) is 62.7 Å². The molecular formula is C22H29N7O5S. The van der Waals surface area contributed by atoms with Crippen LogP contribution in [0.15, 0.2) is 24.3 Å². The van der Waals surface area contributed by atoms with Crippen molar-refractivity contribution in [2.45, 2.75) is 69.6 Å². The van der Waals surface area contributed by atoms with Gasteiger partial charge in [0.25, 0.3) is 0 Å². The topological polar surface area (TPSA) is 166 Å². The highest BCUT2D eigenvalue weighted by molar-refractivity contribution is 8.01. The molecule has 2 saturated heterocycles. The van der Waals surface area contributed by atoms with Crippen LogP contribution >= 0.6 is 11.8 Å². The number of rotatable bonds is 6. The smallest absolute Gasteiger partial charge is 0.313 e. The minimum Gasteiger partial charge on any atom is -0.508 e. The molecule has 0 aliphatic carbocycles. The lowest BCUT2D eigenvalue weighted by molar-refractivity contribution is -0.158. The van der Waals surface area contributed by atoms with Gasteiger partial charge in [-0.15, -0.1) is 16.9 Å². The Hall–Kier alpha value is -3.19. The normalized spacial score (nSPS) is 23.9. The van der Waals surface area contributed by atoms with Crippen LogP contribution in [0.2, 0.25) is 0 Å². The van der Waals surface area contributed by atoms with E-state index < -0.39 is 40.2 Å². The zero-order valence-electron chi connectivity index (χ0n) is 20.1. The summed E-state index contributed by atoms with van der Waals surface area (Å²) in [6.07, 6.45) is 0. The van der Waals surface area contributed by atoms with Gasteiger partial charge in [-0.2, -0.15) is 4.68 Å². The second-order valence-corrected chi connectivity index (χ2v) is 11.9. The molecule has 3 heterocycles. The number of phenolic OH excluding ortho intramolecular Hbond substituents is 1. The Morgan fingerprint density at radius 3 is 2.57 bits per heavy atom. The van der Waals surface area contributed by atoms with Gasteiger partial charge in [-0.3, -0.25) is 14.4 Å². The average Bonchev–Trinajstić information content (AvgIpc) is 3.34. The van der Waals surface area contributed by atoms with Crippen molar-refractivity contribution in [2.24, 2.45) is 11.1 Å². The molecule has 2 amide bonds. The van der Waals surface area contributed by atoms with Gasteiger partial charge in [0.05, 0.1) is 5.41 Å². The molecule has 2 aliphatic heterocycles. The number of nitrogens with one attached hydrogen (secondary N) is 1. The maximum atomic E-state index is 13.1. The van der Waals surface area contributed by atoms with Crippen molar-refractivity contribution >= 4 is 29.5 Å². The molecule has 4 atom stereocenters. The molecule has 2 aromatic rings. The van der Waals surface area contributed by atoms with E-state index in [1.54, 1.807) is 37.8 Å². The Balaban J connectivity index is 1.47. The first kappa shape index (κ1) is 24.9. The average molecular weight is 504 g/mol. The number of carbonyl (C=O) groups is 3. The number of aromatic hydroxyl groups is 1. The second kappa shape index (κ2) is 8.79. The fourth-order valence-electron chi connectivity index (χ4n) is 4.08. The zero-order chi connectivity index (χ0) is 25.7. The highest BCUT2D eigenvalue weighted by Gasteiger charge is 2.63. The molecule has 1 aromatic heterocycles. The number of hydrogen-bond acceptors (Lipinski definition) is 10. The van der Waals surface area contributed by atoms with E-state index in [9.17, 15) is 19.5 Å². The number of thioether (sulfide) groups is 1. The first-order valence-electron chi connectivity index (χ1n) is 11.1. The summed E-state index contributed by atoms with van der Waals surface area (Å²) in [5.41, 5.74) is 5.91. The van der Waals surface area contributed by atoms with Crippen LogP contribution in [-0.4, -0.2) is 64.2 Å². The van der Waals surface area contributed by atoms with Gasteiger partial charge >= 0.3 is 5.97 Å². The molecule has 0 spiro atoms. The molecule has 4 N–H and O–H groups in total. The van der Waals surface area contributed by atoms with Crippen molar-refractivity contribution in [3.8, 4) is 5.75 Å². The SMILES string of the molecule is CC(C)(C)C(=O)OCn1nnnc1C1N2C(=O)C(NC(=O)C(N)c3ccc(O)cc3)[C@H]2SC1(C)C. The van der Waals surface area contributed by atoms with E-state index in [-0.39, 0.29) is 23.8 Å². The molecule has 3 unspecified atom stereocenters. The number of aromatic nitrogens is 4. The number of ether oxygens (including phenoxy) is 1. The van der Waals surface area contributed by atoms with E-state index in [0.29, 0.717) is 11.4 Å². The van der Waals surface area contributed by atoms with Gasteiger partial charge in [-0.1, -0.05) is 12.1 Å². The monoisotopic (exact) mass is 503 g/mol. The molecule has 35 heavy (non-hydrogen) atoms. The molecule has 2 aliphatic rings. The fraction of sp³-hybridized carbons (Fsp3) is 0.545. The van der Waals surface area contributed by atoms with Crippen molar-refractivity contribution in [3.05, 3.63) is 35.7 Å². The summed E-state index contributed by atoms with van der Waals surface area (Å²) in [5.74, 6) is -0.701. The standard InChI is InChI=1S/C22H29N7O5S/c1-21(2,3)20(33)34-10-28-16(25-26-27-28)15-22(4,5)35-19-14(18(32)29(15)19)24-17(31)13(23)11-6-8-12(30)9-7-11/h6-9,13-15,19,30H,10,23H2,1-5H3,(H,24,31)/t13?,14?,15?,19-/m1/s1. The van der Waals surface area contributed by atoms with Gasteiger partial charge < -0.3 is 25.8 Å². The third-order valence-corrected chi connectivity index (χ3v) is 7.58. The summed E-state index contributed by atoms with van der Waals surface area (Å²) in [6.45, 7) is 9.00. The maximum absolute atomic E-state index is 13.1. The van der Waals surface area contributed by atoms with Crippen molar-refractivity contribution in [1.29, 1.82) is 0 Å². The van der Waals surface area contributed by atoms with Gasteiger partial charge in [-0.25, -0.2) is 0 Å². The highest BCUT2D eigenvalue weighted by Crippen LogP contribution is 2.56. The van der Waals surface area contributed by atoms with E-state index in [2.05, 4.69) is 20.8 Å². The quantitative estimate of drug-likeness (QED) is 0.380. The van der Waals surface area contributed by atoms with Crippen LogP contribution in [0.25, 0.3) is 0 Å². The minimum atomic E-state index is -0.988. The predicted octanol–water partition coefficient (Wildman–Crippen LogP) is 0.845. The van der Waals surface area contributed by atoms with Crippen LogP contribution in [-0.2, 0) is 25.9 Å². The van der Waals surface area contributed by atoms with E-state index in [1.165, 1.54) is 28.6 Å². The van der Waals surface area contributed by atoms with Crippen LogP contribution < -0.4 is 11.1 Å². The summed E-state index contributed by atoms with van der Waals surface area (Å²) in [5, 5.41) is 23.7. The summed E-state index contributed by atoms with van der Waals surface area (Å²) < 4.78 is 6.25. The third kappa shape index (κ3) is 4.57. The molecule has 0 saturated carbocycles. The molecule has 2 fully saturated rings. The number of amides is 2. The maximum Gasteiger partial charge on any atom is 0.313 e. The predicted molar refractivity (Wildman–Crippen MR) is 125 cm³/mol. The van der Waals surface area contributed by atoms with E-state index in [1.807, 2.05) is 13.8 Å². The number of benzene rings is 1. The molecular weight excluding hydrogens is 474 g/mol. The van der Waals surface area contributed by atoms with Crippen LogP contribution in [0.5, 0.6) is 5.75 Å². The van der Waals surface area contributed by atoms with Crippen LogP contribution in [0.1, 0.15) is 58.1 Å². The summed E-state index contributed by atoms with van der Waals surface area (Å²) in [7, 11) is 0. The Morgan fingerprint density at radius 1 is 1.29 bits per heavy atom. The third-order valence-electron chi connectivity index (χ3n) is 6.01. The molecule has 12 nitrogen and oxygen atoms in total. The lowest BCUT2D eigenvalue weighted by Crippen LogP contribution is -2.68. The van der Waals surface area contributed by atoms with E-state index in [4.69, 9.17) is 10.5 Å². The number of carbonyl (C=O) groups excluding carboxylic acids is 3. The first-order valence-corrected chi connectivity index (χ1v) is 12.0. The van der Waals surface area contributed by atoms with Crippen LogP contribution in [0.4, 0.5) is 0 Å². The van der Waals surface area contributed by atoms with Crippen molar-refractivity contribution in [3.63, 3.8) is 0 Å². The lowest BCUT2D eigenvalue weighted by atomic mass is 9.95. The number of hydrogen-bond donors (Lipinski definition) is 3. The van der Waals surface area contributed by atoms with Crippen molar-refractivity contribution in [1.82, 2.24) is 30.4 Å². The van der Waals surface area contributed by atoms with Crippen molar-refractivity contribution < 1.29 is 24.2 Å². The molecule has 0 radical (unpaired) electrons. The second-order valence-electron chi connectivity index (χ2n) is 10.2. The number of nitrogens with two attached hydrogens (primary N) is 1. The number of fused-ring (bicyclic) bond motifs is 1. The number of esters is 1. The lowest BCUT2D eigenvalue weighted by Gasteiger charge is -2.44. The van der Waals surface area contributed by atoms with Gasteiger partial charge in [0.2, 0.25) is 11.8 Å². The number of β-lactam (4-membered cyclic amide) rings is 1. The van der Waals surface area contributed by atoms with E-state index in [0.717, 1.165) is 0 Å². The minimum absolute atomic E-state index is 0.0670. The van der Waals surface area contributed by atoms with E-state index >= 15 is 0 Å². The highest BCUT2D eigenvalue weighted by atomic mass is 32.2. The van der Waals surface area contributed by atoms with Gasteiger partial charge in [0.1, 0.15) is 29.2 Å². The Kier molecular flexibility index (Phi) is 6.26. The molecule has 0 bridgehead atoms. The van der Waals surface area contributed by atoms with Crippen molar-refractivity contribution in [2.75, 3.05) is 0 Å². The van der Waals surface area contributed by atoms with Gasteiger partial charge in [0.15, 0.2) is 12.6 Å². The summed E-state index contributed by atoms with van der Waals surface area (Å²) in [6, 6.07) is 3.78. The van der Waals surface area contributed by atoms with Gasteiger partial charge in [0, 0.05) is 4.75 Å². The number of tetrazole rings is 1. The van der Waals surface area contributed by atoms with Crippen LogP contribution in [0.3, 0.4) is 0 Å². The summed E-state index contributed by atoms with van der Waals surface area (Å²) >= 11 is 1.52. The molecule has 1 aromatic carbocycles. The Labute approximate surface area is 206 Å². The number of nitrogens with zero attached hydrogens (tertiary/aromatic N) is 5. The number of phenols is 1. The first-order chi connectivity index (χ1) is 16.3. The fourth-order valence-corrected chi connectivity index (χ4v) is 5.71. The molecule has 4 rings (SSSR count). The Morgan fingerprint density at radius 2 is 1.94 bits per heavy atom.